The third-order valence-corrected chi connectivity index (χ3v) is 4.26. The zero-order valence-electron chi connectivity index (χ0n) is 14.3. The average Bonchev–Trinajstić information content (AvgIpc) is 3.02. The molecule has 6 heteroatoms. The Bertz CT molecular complexity index is 858. The first-order chi connectivity index (χ1) is 12.2. The van der Waals surface area contributed by atoms with Gasteiger partial charge < -0.3 is 9.26 Å². The summed E-state index contributed by atoms with van der Waals surface area (Å²) >= 11 is 0. The third-order valence-electron chi connectivity index (χ3n) is 4.26. The fraction of sp³-hybridized carbons (Fsp3) is 0.316. The van der Waals surface area contributed by atoms with Gasteiger partial charge in [-0.2, -0.15) is 4.98 Å². The Balaban J connectivity index is 1.65. The lowest BCUT2D eigenvalue weighted by molar-refractivity contribution is 0.320. The van der Waals surface area contributed by atoms with Crippen LogP contribution in [0.25, 0.3) is 11.4 Å². The van der Waals surface area contributed by atoms with E-state index in [0.717, 1.165) is 22.6 Å². The molecule has 1 aromatic carbocycles. The van der Waals surface area contributed by atoms with E-state index in [0.29, 0.717) is 30.8 Å². The van der Waals surface area contributed by atoms with Gasteiger partial charge in [0.1, 0.15) is 18.4 Å². The average molecular weight is 336 g/mol. The predicted octanol–water partition coefficient (Wildman–Crippen LogP) is 3.33. The second-order valence-corrected chi connectivity index (χ2v) is 6.36. The van der Waals surface area contributed by atoms with Crippen LogP contribution in [0.3, 0.4) is 0 Å². The molecule has 0 spiro atoms. The molecule has 0 aliphatic carbocycles. The van der Waals surface area contributed by atoms with Crippen LogP contribution in [0.2, 0.25) is 0 Å². The van der Waals surface area contributed by atoms with Crippen LogP contribution in [0.5, 0.6) is 5.75 Å². The highest BCUT2D eigenvalue weighted by Gasteiger charge is 2.26. The normalized spacial score (nSPS) is 17.0. The Kier molecular flexibility index (Phi) is 4.19. The lowest BCUT2D eigenvalue weighted by Crippen LogP contribution is -2.24. The van der Waals surface area contributed by atoms with Crippen LogP contribution in [-0.2, 0) is 0 Å². The molecule has 3 aromatic rings. The summed E-state index contributed by atoms with van der Waals surface area (Å²) in [6.45, 7) is 5.55. The summed E-state index contributed by atoms with van der Waals surface area (Å²) < 4.78 is 11.3. The van der Waals surface area contributed by atoms with E-state index >= 15 is 0 Å². The van der Waals surface area contributed by atoms with E-state index < -0.39 is 0 Å². The van der Waals surface area contributed by atoms with E-state index in [4.69, 9.17) is 9.26 Å². The van der Waals surface area contributed by atoms with E-state index in [2.05, 4.69) is 34.3 Å². The molecule has 1 atom stereocenters. The SMILES string of the molecule is CC(C)c1ccc(-c2noc(C3NCCOc4ccccc43)n2)cn1. The summed E-state index contributed by atoms with van der Waals surface area (Å²) in [7, 11) is 0. The molecule has 1 N–H and O–H groups in total. The summed E-state index contributed by atoms with van der Waals surface area (Å²) in [4.78, 5) is 9.05. The molecule has 2 aromatic heterocycles. The number of fused-ring (bicyclic) bond motifs is 1. The third kappa shape index (κ3) is 3.13. The molecule has 0 bridgehead atoms. The van der Waals surface area contributed by atoms with Crippen LogP contribution >= 0.6 is 0 Å². The summed E-state index contributed by atoms with van der Waals surface area (Å²) in [5.74, 6) is 2.31. The number of nitrogens with one attached hydrogen (secondary N) is 1. The van der Waals surface area contributed by atoms with Crippen molar-refractivity contribution in [2.45, 2.75) is 25.8 Å². The highest BCUT2D eigenvalue weighted by molar-refractivity contribution is 5.53. The molecular formula is C19H20N4O2. The first kappa shape index (κ1) is 15.8. The van der Waals surface area contributed by atoms with Gasteiger partial charge in [-0.25, -0.2) is 0 Å². The van der Waals surface area contributed by atoms with Gasteiger partial charge in [-0.3, -0.25) is 10.3 Å². The van der Waals surface area contributed by atoms with Crippen LogP contribution in [0.4, 0.5) is 0 Å². The molecule has 3 heterocycles. The first-order valence-corrected chi connectivity index (χ1v) is 8.47. The van der Waals surface area contributed by atoms with Gasteiger partial charge in [0, 0.05) is 29.6 Å². The van der Waals surface area contributed by atoms with Gasteiger partial charge in [0.2, 0.25) is 11.7 Å². The number of ether oxygens (including phenoxy) is 1. The summed E-state index contributed by atoms with van der Waals surface area (Å²) in [6, 6.07) is 11.7. The number of pyridine rings is 1. The molecule has 0 radical (unpaired) electrons. The number of hydrogen-bond donors (Lipinski definition) is 1. The Hall–Kier alpha value is -2.73. The quantitative estimate of drug-likeness (QED) is 0.791. The second-order valence-electron chi connectivity index (χ2n) is 6.36. The summed E-state index contributed by atoms with van der Waals surface area (Å²) in [6.07, 6.45) is 1.79. The van der Waals surface area contributed by atoms with E-state index in [1.54, 1.807) is 6.20 Å². The van der Waals surface area contributed by atoms with E-state index in [-0.39, 0.29) is 6.04 Å². The van der Waals surface area contributed by atoms with Crippen LogP contribution in [0.1, 0.15) is 43.0 Å². The van der Waals surface area contributed by atoms with Crippen molar-refractivity contribution in [1.29, 1.82) is 0 Å². The largest absolute Gasteiger partial charge is 0.492 e. The maximum Gasteiger partial charge on any atom is 0.248 e. The molecule has 128 valence electrons. The number of para-hydroxylation sites is 1. The number of rotatable bonds is 3. The maximum absolute atomic E-state index is 5.76. The van der Waals surface area contributed by atoms with Gasteiger partial charge in [0.25, 0.3) is 0 Å². The van der Waals surface area contributed by atoms with Crippen molar-refractivity contribution < 1.29 is 9.26 Å². The zero-order chi connectivity index (χ0) is 17.2. The lowest BCUT2D eigenvalue weighted by atomic mass is 10.1. The van der Waals surface area contributed by atoms with Crippen molar-refractivity contribution in [1.82, 2.24) is 20.4 Å². The minimum atomic E-state index is -0.178. The highest BCUT2D eigenvalue weighted by Crippen LogP contribution is 2.31. The van der Waals surface area contributed by atoms with Crippen LogP contribution in [-0.4, -0.2) is 28.3 Å². The number of hydrogen-bond acceptors (Lipinski definition) is 6. The highest BCUT2D eigenvalue weighted by atomic mass is 16.5. The molecule has 0 saturated carbocycles. The Morgan fingerprint density at radius 2 is 2.04 bits per heavy atom. The fourth-order valence-corrected chi connectivity index (χ4v) is 2.89. The minimum Gasteiger partial charge on any atom is -0.492 e. The maximum atomic E-state index is 5.76. The van der Waals surface area contributed by atoms with Gasteiger partial charge >= 0.3 is 0 Å². The van der Waals surface area contributed by atoms with Gasteiger partial charge in [-0.15, -0.1) is 0 Å². The standard InChI is InChI=1S/C19H20N4O2/c1-12(2)15-8-7-13(11-21-15)18-22-19(25-23-18)17-14-5-3-4-6-16(14)24-10-9-20-17/h3-8,11-12,17,20H,9-10H2,1-2H3. The van der Waals surface area contributed by atoms with E-state index in [1.165, 1.54) is 0 Å². The molecule has 25 heavy (non-hydrogen) atoms. The van der Waals surface area contributed by atoms with Gasteiger partial charge in [-0.05, 0) is 24.1 Å². The van der Waals surface area contributed by atoms with Gasteiger partial charge in [0.05, 0.1) is 0 Å². The lowest BCUT2D eigenvalue weighted by Gasteiger charge is -2.12. The molecular weight excluding hydrogens is 316 g/mol. The van der Waals surface area contributed by atoms with Crippen LogP contribution < -0.4 is 10.1 Å². The second kappa shape index (κ2) is 6.64. The molecule has 0 fully saturated rings. The van der Waals surface area contributed by atoms with Crippen molar-refractivity contribution in [2.24, 2.45) is 0 Å². The summed E-state index contributed by atoms with van der Waals surface area (Å²) in [5.41, 5.74) is 2.89. The van der Waals surface area contributed by atoms with Crippen molar-refractivity contribution in [2.75, 3.05) is 13.2 Å². The molecule has 1 unspecified atom stereocenters. The molecule has 4 rings (SSSR count). The smallest absolute Gasteiger partial charge is 0.248 e. The van der Waals surface area contributed by atoms with Crippen molar-refractivity contribution in [3.05, 3.63) is 59.7 Å². The van der Waals surface area contributed by atoms with Crippen molar-refractivity contribution in [3.63, 3.8) is 0 Å². The molecule has 1 aliphatic heterocycles. The topological polar surface area (TPSA) is 73.1 Å². The molecule has 0 saturated heterocycles. The van der Waals surface area contributed by atoms with Crippen LogP contribution in [0.15, 0.2) is 47.1 Å². The Morgan fingerprint density at radius 3 is 2.84 bits per heavy atom. The molecule has 1 aliphatic rings. The minimum absolute atomic E-state index is 0.178. The number of nitrogens with zero attached hydrogens (tertiary/aromatic N) is 3. The van der Waals surface area contributed by atoms with E-state index in [9.17, 15) is 0 Å². The fourth-order valence-electron chi connectivity index (χ4n) is 2.89. The van der Waals surface area contributed by atoms with E-state index in [1.807, 2.05) is 36.4 Å². The number of benzene rings is 1. The molecule has 6 nitrogen and oxygen atoms in total. The first-order valence-electron chi connectivity index (χ1n) is 8.47. The monoisotopic (exact) mass is 336 g/mol. The predicted molar refractivity (Wildman–Crippen MR) is 93.4 cm³/mol. The zero-order valence-corrected chi connectivity index (χ0v) is 14.3. The van der Waals surface area contributed by atoms with Crippen molar-refractivity contribution >= 4 is 0 Å². The molecule has 0 amide bonds. The van der Waals surface area contributed by atoms with Crippen molar-refractivity contribution in [3.8, 4) is 17.1 Å². The Morgan fingerprint density at radius 1 is 1.16 bits per heavy atom. The van der Waals surface area contributed by atoms with Gasteiger partial charge in [0.15, 0.2) is 0 Å². The Labute approximate surface area is 146 Å². The number of aromatic nitrogens is 3. The van der Waals surface area contributed by atoms with Gasteiger partial charge in [-0.1, -0.05) is 37.2 Å². The van der Waals surface area contributed by atoms with Crippen LogP contribution in [0, 0.1) is 0 Å². The summed E-state index contributed by atoms with van der Waals surface area (Å²) in [5, 5.41) is 7.54.